The Kier molecular flexibility index (Phi) is 4.63. The normalized spacial score (nSPS) is 34.2. The van der Waals surface area contributed by atoms with Crippen LogP contribution in [0.5, 0.6) is 0 Å². The zero-order chi connectivity index (χ0) is 14.8. The molecule has 1 aliphatic carbocycles. The van der Waals surface area contributed by atoms with Gasteiger partial charge in [0.05, 0.1) is 18.8 Å². The fourth-order valence-corrected chi connectivity index (χ4v) is 4.50. The molecule has 0 bridgehead atoms. The van der Waals surface area contributed by atoms with Gasteiger partial charge < -0.3 is 4.74 Å². The number of ether oxygens (including phenoxy) is 1. The second-order valence-electron chi connectivity index (χ2n) is 7.11. The fourth-order valence-electron chi connectivity index (χ4n) is 4.50. The van der Waals surface area contributed by atoms with Crippen LogP contribution in [0.2, 0.25) is 0 Å². The van der Waals surface area contributed by atoms with E-state index in [1.54, 1.807) is 0 Å². The maximum atomic E-state index is 6.14. The van der Waals surface area contributed by atoms with E-state index in [0.29, 0.717) is 5.92 Å². The molecule has 1 saturated carbocycles. The average Bonchev–Trinajstić information content (AvgIpc) is 2.47. The number of nitrogens with one attached hydrogen (secondary N) is 1. The third kappa shape index (κ3) is 3.15. The molecule has 1 fully saturated rings. The molecule has 1 heterocycles. The summed E-state index contributed by atoms with van der Waals surface area (Å²) in [7, 11) is 0. The Bertz CT molecular complexity index is 466. The summed E-state index contributed by atoms with van der Waals surface area (Å²) >= 11 is 0. The molecule has 4 atom stereocenters. The van der Waals surface area contributed by atoms with Crippen molar-refractivity contribution >= 4 is 0 Å². The van der Waals surface area contributed by atoms with Crippen LogP contribution in [0.1, 0.15) is 50.3 Å². The van der Waals surface area contributed by atoms with E-state index in [0.717, 1.165) is 24.9 Å². The highest BCUT2D eigenvalue weighted by atomic mass is 16.5. The third-order valence-electron chi connectivity index (χ3n) is 5.27. The van der Waals surface area contributed by atoms with Crippen molar-refractivity contribution in [2.24, 2.45) is 23.6 Å². The van der Waals surface area contributed by atoms with Crippen LogP contribution in [-0.2, 0) is 11.2 Å². The van der Waals surface area contributed by atoms with Crippen LogP contribution in [0.25, 0.3) is 0 Å². The second kappa shape index (κ2) is 6.47. The quantitative estimate of drug-likeness (QED) is 0.663. The monoisotopic (exact) mass is 288 g/mol. The lowest BCUT2D eigenvalue weighted by molar-refractivity contribution is -0.0122. The maximum Gasteiger partial charge on any atom is 0.0996 e. The molecule has 116 valence electrons. The van der Waals surface area contributed by atoms with Crippen molar-refractivity contribution in [3.05, 3.63) is 35.4 Å². The van der Waals surface area contributed by atoms with E-state index in [9.17, 15) is 0 Å². The number of nitrogens with two attached hydrogens (primary N) is 1. The van der Waals surface area contributed by atoms with Crippen molar-refractivity contribution in [3.8, 4) is 0 Å². The number of rotatable bonds is 3. The summed E-state index contributed by atoms with van der Waals surface area (Å²) in [6.07, 6.45) is 4.96. The third-order valence-corrected chi connectivity index (χ3v) is 5.27. The SMILES string of the molecule is CC1CC(C)CC(C(NN)C2OCCc3ccccc32)C1. The molecule has 3 rings (SSSR count). The van der Waals surface area contributed by atoms with Gasteiger partial charge in [0, 0.05) is 0 Å². The zero-order valence-corrected chi connectivity index (χ0v) is 13.2. The Labute approximate surface area is 128 Å². The van der Waals surface area contributed by atoms with Crippen LogP contribution >= 0.6 is 0 Å². The molecule has 3 N–H and O–H groups in total. The Morgan fingerprint density at radius 1 is 1.14 bits per heavy atom. The van der Waals surface area contributed by atoms with E-state index in [1.807, 2.05) is 0 Å². The van der Waals surface area contributed by atoms with E-state index in [1.165, 1.54) is 30.4 Å². The average molecular weight is 288 g/mol. The van der Waals surface area contributed by atoms with Crippen LogP contribution in [0.4, 0.5) is 0 Å². The lowest BCUT2D eigenvalue weighted by Gasteiger charge is -2.41. The number of hydrazine groups is 1. The summed E-state index contributed by atoms with van der Waals surface area (Å²) in [5, 5.41) is 0. The van der Waals surface area contributed by atoms with Crippen molar-refractivity contribution in [1.29, 1.82) is 0 Å². The highest BCUT2D eigenvalue weighted by Crippen LogP contribution is 2.40. The smallest absolute Gasteiger partial charge is 0.0996 e. The molecule has 0 spiro atoms. The molecule has 1 aromatic rings. The molecule has 3 heteroatoms. The first-order chi connectivity index (χ1) is 10.2. The molecule has 0 radical (unpaired) electrons. The standard InChI is InChI=1S/C18H28N2O/c1-12-9-13(2)11-15(10-12)17(20-19)18-16-6-4-3-5-14(16)7-8-21-18/h3-6,12-13,15,17-18,20H,7-11,19H2,1-2H3. The van der Waals surface area contributed by atoms with Crippen LogP contribution in [0.15, 0.2) is 24.3 Å². The van der Waals surface area contributed by atoms with Crippen molar-refractivity contribution in [3.63, 3.8) is 0 Å². The summed E-state index contributed by atoms with van der Waals surface area (Å²) in [4.78, 5) is 0. The Balaban J connectivity index is 1.84. The van der Waals surface area contributed by atoms with E-state index < -0.39 is 0 Å². The Morgan fingerprint density at radius 2 is 1.86 bits per heavy atom. The van der Waals surface area contributed by atoms with E-state index in [4.69, 9.17) is 10.6 Å². The van der Waals surface area contributed by atoms with Gasteiger partial charge in [0.1, 0.15) is 0 Å². The predicted octanol–water partition coefficient (Wildman–Crippen LogP) is 3.20. The van der Waals surface area contributed by atoms with Crippen LogP contribution in [0.3, 0.4) is 0 Å². The molecular weight excluding hydrogens is 260 g/mol. The molecule has 1 aliphatic heterocycles. The summed E-state index contributed by atoms with van der Waals surface area (Å²) < 4.78 is 6.14. The van der Waals surface area contributed by atoms with Gasteiger partial charge in [0.2, 0.25) is 0 Å². The van der Waals surface area contributed by atoms with Gasteiger partial charge in [-0.05, 0) is 54.6 Å². The zero-order valence-electron chi connectivity index (χ0n) is 13.2. The number of hydrogen-bond acceptors (Lipinski definition) is 3. The highest BCUT2D eigenvalue weighted by Gasteiger charge is 2.37. The molecule has 2 aliphatic rings. The van der Waals surface area contributed by atoms with Crippen LogP contribution in [0, 0.1) is 17.8 Å². The van der Waals surface area contributed by atoms with Gasteiger partial charge in [-0.1, -0.05) is 38.1 Å². The molecule has 0 aromatic heterocycles. The summed E-state index contributed by atoms with van der Waals surface area (Å²) in [5.41, 5.74) is 5.85. The minimum absolute atomic E-state index is 0.0995. The first-order valence-corrected chi connectivity index (χ1v) is 8.34. The van der Waals surface area contributed by atoms with Gasteiger partial charge in [-0.25, -0.2) is 0 Å². The lowest BCUT2D eigenvalue weighted by Crippen LogP contribution is -2.48. The molecule has 0 saturated heterocycles. The fraction of sp³-hybridized carbons (Fsp3) is 0.667. The first kappa shape index (κ1) is 15.0. The molecule has 0 amide bonds. The minimum atomic E-state index is 0.0995. The molecule has 21 heavy (non-hydrogen) atoms. The topological polar surface area (TPSA) is 47.3 Å². The number of fused-ring (bicyclic) bond motifs is 1. The highest BCUT2D eigenvalue weighted by molar-refractivity contribution is 5.32. The summed E-state index contributed by atoms with van der Waals surface area (Å²) in [6.45, 7) is 5.54. The Hall–Kier alpha value is -0.900. The lowest BCUT2D eigenvalue weighted by atomic mass is 9.71. The van der Waals surface area contributed by atoms with Crippen molar-refractivity contribution in [1.82, 2.24) is 5.43 Å². The molecule has 3 nitrogen and oxygen atoms in total. The number of benzene rings is 1. The van der Waals surface area contributed by atoms with Crippen molar-refractivity contribution in [2.75, 3.05) is 6.61 Å². The van der Waals surface area contributed by atoms with Gasteiger partial charge in [0.25, 0.3) is 0 Å². The minimum Gasteiger partial charge on any atom is -0.371 e. The number of hydrogen-bond donors (Lipinski definition) is 2. The van der Waals surface area contributed by atoms with Gasteiger partial charge in [-0.2, -0.15) is 0 Å². The van der Waals surface area contributed by atoms with Crippen LogP contribution < -0.4 is 11.3 Å². The first-order valence-electron chi connectivity index (χ1n) is 8.34. The largest absolute Gasteiger partial charge is 0.371 e. The molecule has 1 aromatic carbocycles. The van der Waals surface area contributed by atoms with Gasteiger partial charge in [-0.3, -0.25) is 11.3 Å². The molecular formula is C18H28N2O. The van der Waals surface area contributed by atoms with Gasteiger partial charge in [-0.15, -0.1) is 0 Å². The van der Waals surface area contributed by atoms with Crippen LogP contribution in [-0.4, -0.2) is 12.6 Å². The van der Waals surface area contributed by atoms with Gasteiger partial charge in [0.15, 0.2) is 0 Å². The summed E-state index contributed by atoms with van der Waals surface area (Å²) in [6, 6.07) is 8.89. The van der Waals surface area contributed by atoms with E-state index in [-0.39, 0.29) is 12.1 Å². The van der Waals surface area contributed by atoms with Crippen molar-refractivity contribution in [2.45, 2.75) is 51.7 Å². The van der Waals surface area contributed by atoms with E-state index >= 15 is 0 Å². The second-order valence-corrected chi connectivity index (χ2v) is 7.11. The Morgan fingerprint density at radius 3 is 2.57 bits per heavy atom. The summed E-state index contributed by atoms with van der Waals surface area (Å²) in [5.74, 6) is 8.13. The van der Waals surface area contributed by atoms with Crippen molar-refractivity contribution < 1.29 is 4.74 Å². The maximum absolute atomic E-state index is 6.14. The van der Waals surface area contributed by atoms with E-state index in [2.05, 4.69) is 43.5 Å². The van der Waals surface area contributed by atoms with Gasteiger partial charge >= 0.3 is 0 Å². The molecule has 4 unspecified atom stereocenters. The predicted molar refractivity (Wildman–Crippen MR) is 85.6 cm³/mol.